The van der Waals surface area contributed by atoms with Gasteiger partial charge in [-0.3, -0.25) is 0 Å². The predicted octanol–water partition coefficient (Wildman–Crippen LogP) is 4.15. The molecule has 0 spiro atoms. The van der Waals surface area contributed by atoms with E-state index in [2.05, 4.69) is 40.4 Å². The van der Waals surface area contributed by atoms with Gasteiger partial charge >= 0.3 is 0 Å². The van der Waals surface area contributed by atoms with Gasteiger partial charge in [0.25, 0.3) is 0 Å². The third-order valence-electron chi connectivity index (χ3n) is 5.62. The zero-order valence-electron chi connectivity index (χ0n) is 15.1. The Labute approximate surface area is 164 Å². The summed E-state index contributed by atoms with van der Waals surface area (Å²) in [5.74, 6) is 0. The van der Waals surface area contributed by atoms with Crippen LogP contribution in [-0.2, 0) is 5.60 Å². The second-order valence-corrected chi connectivity index (χ2v) is 8.76. The van der Waals surface area contributed by atoms with E-state index in [1.54, 1.807) is 11.3 Å². The van der Waals surface area contributed by atoms with Crippen LogP contribution in [-0.4, -0.2) is 54.7 Å². The van der Waals surface area contributed by atoms with Crippen LogP contribution in [0.3, 0.4) is 0 Å². The van der Waals surface area contributed by atoms with Crippen molar-refractivity contribution in [1.29, 1.82) is 0 Å². The lowest BCUT2D eigenvalue weighted by Crippen LogP contribution is -2.45. The Morgan fingerprint density at radius 3 is 2.73 bits per heavy atom. The Morgan fingerprint density at radius 1 is 1.12 bits per heavy atom. The fourth-order valence-corrected chi connectivity index (χ4v) is 5.07. The summed E-state index contributed by atoms with van der Waals surface area (Å²) in [5.41, 5.74) is 2.01. The molecule has 1 N–H and O–H groups in total. The second-order valence-electron chi connectivity index (χ2n) is 7.37. The van der Waals surface area contributed by atoms with Gasteiger partial charge in [0.1, 0.15) is 5.60 Å². The maximum atomic E-state index is 11.8. The van der Waals surface area contributed by atoms with Gasteiger partial charge in [0.2, 0.25) is 0 Å². The van der Waals surface area contributed by atoms with E-state index in [1.165, 1.54) is 0 Å². The number of hydrogen-bond donors (Lipinski definition) is 1. The molecule has 1 aliphatic carbocycles. The van der Waals surface area contributed by atoms with Crippen LogP contribution in [0.5, 0.6) is 0 Å². The van der Waals surface area contributed by atoms with Crippen molar-refractivity contribution in [3.8, 4) is 0 Å². The summed E-state index contributed by atoms with van der Waals surface area (Å²) < 4.78 is 0. The van der Waals surface area contributed by atoms with E-state index in [4.69, 9.17) is 11.6 Å². The first-order valence-corrected chi connectivity index (χ1v) is 10.5. The van der Waals surface area contributed by atoms with E-state index < -0.39 is 5.60 Å². The van der Waals surface area contributed by atoms with Crippen LogP contribution in [0.4, 0.5) is 0 Å². The maximum absolute atomic E-state index is 11.8. The lowest BCUT2D eigenvalue weighted by molar-refractivity contribution is 0.0620. The maximum Gasteiger partial charge on any atom is 0.117 e. The first-order chi connectivity index (χ1) is 12.6. The average Bonchev–Trinajstić information content (AvgIpc) is 3.08. The first kappa shape index (κ1) is 18.2. The standard InChI is InChI=1S/C21H25ClN2OS/c1-23-10-12-24(13-11-23)9-2-8-21(25)18-7-14-26-20(18)6-4-16-3-5-17(22)15-19(16)21/h3-7,14-15,25H,2,8-13H2,1H3. The number of benzene rings is 1. The highest BCUT2D eigenvalue weighted by Crippen LogP contribution is 2.43. The Morgan fingerprint density at radius 2 is 1.92 bits per heavy atom. The molecule has 0 amide bonds. The van der Waals surface area contributed by atoms with Gasteiger partial charge in [-0.25, -0.2) is 0 Å². The number of hydrogen-bond acceptors (Lipinski definition) is 4. The molecule has 0 saturated carbocycles. The summed E-state index contributed by atoms with van der Waals surface area (Å²) in [6.45, 7) is 5.51. The molecule has 1 aliphatic heterocycles. The molecule has 1 saturated heterocycles. The average molecular weight is 389 g/mol. The SMILES string of the molecule is CN1CCN(CCCC2(O)c3cc(Cl)ccc3C=Cc3sccc32)CC1. The molecule has 2 heterocycles. The van der Waals surface area contributed by atoms with E-state index >= 15 is 0 Å². The zero-order valence-corrected chi connectivity index (χ0v) is 16.7. The van der Waals surface area contributed by atoms with Gasteiger partial charge in [0, 0.05) is 41.6 Å². The molecule has 1 aromatic heterocycles. The fourth-order valence-electron chi connectivity index (χ4n) is 4.03. The monoisotopic (exact) mass is 388 g/mol. The Bertz CT molecular complexity index is 810. The molecule has 0 bridgehead atoms. The first-order valence-electron chi connectivity index (χ1n) is 9.26. The van der Waals surface area contributed by atoms with E-state index in [0.29, 0.717) is 11.4 Å². The molecular formula is C21H25ClN2OS. The molecule has 26 heavy (non-hydrogen) atoms. The van der Waals surface area contributed by atoms with Crippen LogP contribution in [0, 0.1) is 0 Å². The lowest BCUT2D eigenvalue weighted by Gasteiger charge is -2.34. The highest BCUT2D eigenvalue weighted by molar-refractivity contribution is 7.11. The number of aliphatic hydroxyl groups is 1. The molecule has 0 radical (unpaired) electrons. The van der Waals surface area contributed by atoms with Crippen molar-refractivity contribution < 1.29 is 5.11 Å². The number of thiophene rings is 1. The Balaban J connectivity index is 1.58. The van der Waals surface area contributed by atoms with Crippen molar-refractivity contribution in [1.82, 2.24) is 9.80 Å². The second kappa shape index (κ2) is 7.45. The van der Waals surface area contributed by atoms with Gasteiger partial charge in [-0.15, -0.1) is 11.3 Å². The van der Waals surface area contributed by atoms with Crippen molar-refractivity contribution >= 4 is 35.1 Å². The highest BCUT2D eigenvalue weighted by Gasteiger charge is 2.36. The minimum absolute atomic E-state index is 0.674. The van der Waals surface area contributed by atoms with Crippen molar-refractivity contribution in [3.63, 3.8) is 0 Å². The van der Waals surface area contributed by atoms with Crippen molar-refractivity contribution in [2.45, 2.75) is 18.4 Å². The summed E-state index contributed by atoms with van der Waals surface area (Å²) in [7, 11) is 2.18. The minimum atomic E-state index is -0.981. The number of fused-ring (bicyclic) bond motifs is 2. The molecule has 5 heteroatoms. The predicted molar refractivity (Wildman–Crippen MR) is 111 cm³/mol. The van der Waals surface area contributed by atoms with Gasteiger partial charge in [0.15, 0.2) is 0 Å². The van der Waals surface area contributed by atoms with Crippen LogP contribution in [0.15, 0.2) is 29.6 Å². The van der Waals surface area contributed by atoms with Crippen LogP contribution in [0.25, 0.3) is 12.2 Å². The molecule has 1 atom stereocenters. The van der Waals surface area contributed by atoms with Gasteiger partial charge in [-0.05, 0) is 67.2 Å². The van der Waals surface area contributed by atoms with Crippen LogP contribution in [0.1, 0.15) is 34.4 Å². The third-order valence-corrected chi connectivity index (χ3v) is 6.74. The van der Waals surface area contributed by atoms with Crippen LogP contribution >= 0.6 is 22.9 Å². The summed E-state index contributed by atoms with van der Waals surface area (Å²) in [6, 6.07) is 7.91. The van der Waals surface area contributed by atoms with Crippen molar-refractivity contribution in [2.75, 3.05) is 39.8 Å². The Kier molecular flexibility index (Phi) is 5.22. The summed E-state index contributed by atoms with van der Waals surface area (Å²) in [5, 5.41) is 14.6. The molecule has 1 unspecified atom stereocenters. The quantitative estimate of drug-likeness (QED) is 0.852. The number of halogens is 1. The number of piperazine rings is 1. The van der Waals surface area contributed by atoms with Gasteiger partial charge in [-0.2, -0.15) is 0 Å². The van der Waals surface area contributed by atoms with Crippen molar-refractivity contribution in [3.05, 3.63) is 56.2 Å². The minimum Gasteiger partial charge on any atom is -0.380 e. The number of rotatable bonds is 4. The number of nitrogens with zero attached hydrogens (tertiary/aromatic N) is 2. The molecule has 1 aromatic carbocycles. The molecule has 138 valence electrons. The number of likely N-dealkylation sites (N-methyl/N-ethyl adjacent to an activating group) is 1. The molecule has 2 aromatic rings. The molecular weight excluding hydrogens is 364 g/mol. The lowest BCUT2D eigenvalue weighted by atomic mass is 9.81. The van der Waals surface area contributed by atoms with Gasteiger partial charge in [0.05, 0.1) is 0 Å². The highest BCUT2D eigenvalue weighted by atomic mass is 35.5. The summed E-state index contributed by atoms with van der Waals surface area (Å²) in [6.07, 6.45) is 5.88. The van der Waals surface area contributed by atoms with Gasteiger partial charge in [-0.1, -0.05) is 23.7 Å². The van der Waals surface area contributed by atoms with E-state index in [0.717, 1.165) is 60.7 Å². The smallest absolute Gasteiger partial charge is 0.117 e. The molecule has 3 nitrogen and oxygen atoms in total. The zero-order chi connectivity index (χ0) is 18.1. The summed E-state index contributed by atoms with van der Waals surface area (Å²) >= 11 is 7.96. The normalized spacial score (nSPS) is 23.5. The topological polar surface area (TPSA) is 26.7 Å². The van der Waals surface area contributed by atoms with Crippen LogP contribution < -0.4 is 0 Å². The van der Waals surface area contributed by atoms with Gasteiger partial charge < -0.3 is 14.9 Å². The van der Waals surface area contributed by atoms with E-state index in [1.807, 2.05) is 18.2 Å². The fraction of sp³-hybridized carbons (Fsp3) is 0.429. The molecule has 4 rings (SSSR count). The molecule has 2 aliphatic rings. The summed E-state index contributed by atoms with van der Waals surface area (Å²) in [4.78, 5) is 6.02. The van der Waals surface area contributed by atoms with Crippen LogP contribution in [0.2, 0.25) is 5.02 Å². The van der Waals surface area contributed by atoms with E-state index in [9.17, 15) is 5.11 Å². The molecule has 1 fully saturated rings. The third kappa shape index (κ3) is 3.49. The largest absolute Gasteiger partial charge is 0.380 e. The van der Waals surface area contributed by atoms with Crippen molar-refractivity contribution in [2.24, 2.45) is 0 Å². The Hall–Kier alpha value is -1.17. The van der Waals surface area contributed by atoms with E-state index in [-0.39, 0.29) is 0 Å².